The summed E-state index contributed by atoms with van der Waals surface area (Å²) in [6, 6.07) is 12.0. The van der Waals surface area contributed by atoms with E-state index in [1.54, 1.807) is 24.0 Å². The Morgan fingerprint density at radius 3 is 2.93 bits per heavy atom. The van der Waals surface area contributed by atoms with E-state index in [1.165, 1.54) is 0 Å². The minimum Gasteiger partial charge on any atom is -0.398 e. The Morgan fingerprint density at radius 2 is 2.19 bits per heavy atom. The van der Waals surface area contributed by atoms with E-state index < -0.39 is 0 Å². The van der Waals surface area contributed by atoms with Crippen LogP contribution in [0.5, 0.6) is 0 Å². The Labute approximate surface area is 157 Å². The molecule has 0 saturated heterocycles. The fourth-order valence-corrected chi connectivity index (χ4v) is 3.61. The number of nitrogens with zero attached hydrogens (tertiary/aromatic N) is 4. The zero-order valence-electron chi connectivity index (χ0n) is 15.2. The third-order valence-electron chi connectivity index (χ3n) is 5.11. The number of aryl methyl sites for hydroxylation is 1. The van der Waals surface area contributed by atoms with Crippen LogP contribution in [-0.2, 0) is 13.6 Å². The SMILES string of the molecule is CC=C(C#N)CN1Cc2c(-c3ccc4cnn(C)c4c3)ccc(N)c2C1=O. The van der Waals surface area contributed by atoms with Gasteiger partial charge in [-0.25, -0.2) is 0 Å². The number of anilines is 1. The van der Waals surface area contributed by atoms with Gasteiger partial charge in [-0.05, 0) is 35.7 Å². The summed E-state index contributed by atoms with van der Waals surface area (Å²) in [4.78, 5) is 14.6. The van der Waals surface area contributed by atoms with E-state index in [-0.39, 0.29) is 5.91 Å². The summed E-state index contributed by atoms with van der Waals surface area (Å²) < 4.78 is 1.83. The molecule has 0 saturated carbocycles. The van der Waals surface area contributed by atoms with Crippen LogP contribution in [0.3, 0.4) is 0 Å². The monoisotopic (exact) mass is 357 g/mol. The van der Waals surface area contributed by atoms with Gasteiger partial charge in [-0.3, -0.25) is 9.48 Å². The minimum atomic E-state index is -0.124. The molecule has 0 fully saturated rings. The summed E-state index contributed by atoms with van der Waals surface area (Å²) in [5, 5.41) is 14.6. The number of rotatable bonds is 3. The number of hydrogen-bond donors (Lipinski definition) is 1. The predicted octanol–water partition coefficient (Wildman–Crippen LogP) is 3.25. The summed E-state index contributed by atoms with van der Waals surface area (Å²) >= 11 is 0. The van der Waals surface area contributed by atoms with E-state index in [0.717, 1.165) is 27.6 Å². The first-order chi connectivity index (χ1) is 13.0. The molecule has 0 spiro atoms. The number of nitrogen functional groups attached to an aromatic ring is 1. The standard InChI is InChI=1S/C21H19N5O/c1-3-13(9-22)11-26-12-17-16(6-7-18(23)20(17)21(26)27)14-4-5-15-10-24-25(2)19(15)8-14/h3-8,10H,11-12,23H2,1-2H3. The molecule has 134 valence electrons. The van der Waals surface area contributed by atoms with Crippen LogP contribution in [0.4, 0.5) is 5.69 Å². The van der Waals surface area contributed by atoms with Gasteiger partial charge in [0.2, 0.25) is 0 Å². The van der Waals surface area contributed by atoms with Gasteiger partial charge in [0.25, 0.3) is 5.91 Å². The molecule has 1 aromatic heterocycles. The molecule has 0 unspecified atom stereocenters. The summed E-state index contributed by atoms with van der Waals surface area (Å²) in [7, 11) is 1.91. The minimum absolute atomic E-state index is 0.124. The average molecular weight is 357 g/mol. The number of nitrogens with two attached hydrogens (primary N) is 1. The van der Waals surface area contributed by atoms with Gasteiger partial charge < -0.3 is 10.6 Å². The lowest BCUT2D eigenvalue weighted by Gasteiger charge is -2.14. The Morgan fingerprint density at radius 1 is 1.37 bits per heavy atom. The third kappa shape index (κ3) is 2.64. The van der Waals surface area contributed by atoms with Crippen LogP contribution < -0.4 is 5.73 Å². The number of aromatic nitrogens is 2. The van der Waals surface area contributed by atoms with Crippen molar-refractivity contribution in [2.45, 2.75) is 13.5 Å². The van der Waals surface area contributed by atoms with Gasteiger partial charge in [0.15, 0.2) is 0 Å². The van der Waals surface area contributed by atoms with Crippen LogP contribution in [0.2, 0.25) is 0 Å². The van der Waals surface area contributed by atoms with Crippen LogP contribution >= 0.6 is 0 Å². The number of carbonyl (C=O) groups is 1. The summed E-state index contributed by atoms with van der Waals surface area (Å²) in [6.07, 6.45) is 3.56. The van der Waals surface area contributed by atoms with Gasteiger partial charge in [-0.15, -0.1) is 0 Å². The highest BCUT2D eigenvalue weighted by Crippen LogP contribution is 2.37. The van der Waals surface area contributed by atoms with Gasteiger partial charge in [0.1, 0.15) is 0 Å². The maximum atomic E-state index is 12.9. The van der Waals surface area contributed by atoms with Crippen molar-refractivity contribution >= 4 is 22.5 Å². The molecule has 6 heteroatoms. The molecule has 4 rings (SSSR count). The van der Waals surface area contributed by atoms with Crippen LogP contribution in [0, 0.1) is 11.3 Å². The quantitative estimate of drug-likeness (QED) is 0.576. The first kappa shape index (κ1) is 16.9. The summed E-state index contributed by atoms with van der Waals surface area (Å²) in [5.74, 6) is -0.124. The van der Waals surface area contributed by atoms with E-state index in [4.69, 9.17) is 5.73 Å². The van der Waals surface area contributed by atoms with E-state index in [2.05, 4.69) is 17.2 Å². The molecule has 2 aromatic carbocycles. The molecule has 3 aromatic rings. The maximum absolute atomic E-state index is 12.9. The zero-order valence-corrected chi connectivity index (χ0v) is 15.2. The Balaban J connectivity index is 1.81. The molecule has 1 aliphatic heterocycles. The van der Waals surface area contributed by atoms with E-state index >= 15 is 0 Å². The molecule has 0 aliphatic carbocycles. The fraction of sp³-hybridized carbons (Fsp3) is 0.190. The Hall–Kier alpha value is -3.59. The van der Waals surface area contributed by atoms with Crippen molar-refractivity contribution in [3.8, 4) is 17.2 Å². The molecule has 1 amide bonds. The van der Waals surface area contributed by atoms with Gasteiger partial charge in [0, 0.05) is 30.2 Å². The second-order valence-corrected chi connectivity index (χ2v) is 6.68. The van der Waals surface area contributed by atoms with Gasteiger partial charge >= 0.3 is 0 Å². The topological polar surface area (TPSA) is 87.9 Å². The van der Waals surface area contributed by atoms with Crippen molar-refractivity contribution in [1.29, 1.82) is 5.26 Å². The largest absolute Gasteiger partial charge is 0.398 e. The number of hydrogen-bond acceptors (Lipinski definition) is 4. The highest BCUT2D eigenvalue weighted by Gasteiger charge is 2.32. The zero-order chi connectivity index (χ0) is 19.1. The van der Waals surface area contributed by atoms with Crippen LogP contribution in [-0.4, -0.2) is 27.1 Å². The van der Waals surface area contributed by atoms with E-state index in [0.29, 0.717) is 29.9 Å². The summed E-state index contributed by atoms with van der Waals surface area (Å²) in [5.41, 5.74) is 11.6. The first-order valence-corrected chi connectivity index (χ1v) is 8.71. The number of amides is 1. The number of allylic oxidation sites excluding steroid dienone is 1. The lowest BCUT2D eigenvalue weighted by molar-refractivity contribution is 0.0794. The smallest absolute Gasteiger partial charge is 0.256 e. The van der Waals surface area contributed by atoms with E-state index in [9.17, 15) is 10.1 Å². The second kappa shape index (κ2) is 6.29. The summed E-state index contributed by atoms with van der Waals surface area (Å²) in [6.45, 7) is 2.53. The molecule has 0 radical (unpaired) electrons. The van der Waals surface area contributed by atoms with Gasteiger partial charge in [-0.1, -0.05) is 24.3 Å². The molecule has 1 aliphatic rings. The average Bonchev–Trinajstić information content (AvgIpc) is 3.21. The molecular weight excluding hydrogens is 338 g/mol. The predicted molar refractivity (Wildman–Crippen MR) is 105 cm³/mol. The van der Waals surface area contributed by atoms with Crippen molar-refractivity contribution in [3.05, 3.63) is 59.3 Å². The molecule has 2 heterocycles. The fourth-order valence-electron chi connectivity index (χ4n) is 3.61. The molecular formula is C21H19N5O. The molecule has 6 nitrogen and oxygen atoms in total. The van der Waals surface area contributed by atoms with Crippen molar-refractivity contribution in [2.75, 3.05) is 12.3 Å². The van der Waals surface area contributed by atoms with Crippen molar-refractivity contribution in [2.24, 2.45) is 7.05 Å². The third-order valence-corrected chi connectivity index (χ3v) is 5.11. The Bertz CT molecular complexity index is 1150. The molecule has 0 bridgehead atoms. The number of carbonyl (C=O) groups excluding carboxylic acids is 1. The molecule has 2 N–H and O–H groups in total. The van der Waals surface area contributed by atoms with E-state index in [1.807, 2.05) is 36.1 Å². The second-order valence-electron chi connectivity index (χ2n) is 6.68. The number of nitriles is 1. The number of benzene rings is 2. The van der Waals surface area contributed by atoms with Crippen LogP contribution in [0.15, 0.2) is 48.2 Å². The van der Waals surface area contributed by atoms with Gasteiger partial charge in [0.05, 0.1) is 29.9 Å². The lowest BCUT2D eigenvalue weighted by atomic mass is 9.95. The van der Waals surface area contributed by atoms with Crippen molar-refractivity contribution < 1.29 is 4.79 Å². The molecule has 0 atom stereocenters. The van der Waals surface area contributed by atoms with Crippen molar-refractivity contribution in [3.63, 3.8) is 0 Å². The molecule has 27 heavy (non-hydrogen) atoms. The van der Waals surface area contributed by atoms with Gasteiger partial charge in [-0.2, -0.15) is 10.4 Å². The highest BCUT2D eigenvalue weighted by atomic mass is 16.2. The normalized spacial score (nSPS) is 13.9. The maximum Gasteiger partial charge on any atom is 0.256 e. The Kier molecular flexibility index (Phi) is 3.93. The van der Waals surface area contributed by atoms with Crippen LogP contribution in [0.25, 0.3) is 22.0 Å². The van der Waals surface area contributed by atoms with Crippen LogP contribution in [0.1, 0.15) is 22.8 Å². The first-order valence-electron chi connectivity index (χ1n) is 8.71. The van der Waals surface area contributed by atoms with Crippen molar-refractivity contribution in [1.82, 2.24) is 14.7 Å². The highest BCUT2D eigenvalue weighted by molar-refractivity contribution is 6.05. The lowest BCUT2D eigenvalue weighted by Crippen LogP contribution is -2.26. The number of fused-ring (bicyclic) bond motifs is 2.